The van der Waals surface area contributed by atoms with Crippen LogP contribution in [0.5, 0.6) is 17.2 Å². The van der Waals surface area contributed by atoms with Gasteiger partial charge in [-0.3, -0.25) is 9.69 Å². The number of fused-ring (bicyclic) bond motifs is 1. The largest absolute Gasteiger partial charge is 0.485 e. The summed E-state index contributed by atoms with van der Waals surface area (Å²) < 4.78 is 22.6. The number of carbonyl (C=O) groups is 1. The van der Waals surface area contributed by atoms with E-state index in [9.17, 15) is 4.79 Å². The second kappa shape index (κ2) is 9.19. The van der Waals surface area contributed by atoms with Crippen LogP contribution in [-0.2, 0) is 13.2 Å². The maximum Gasteiger partial charge on any atom is 0.289 e. The number of piperazine rings is 1. The second-order valence-corrected chi connectivity index (χ2v) is 8.53. The molecule has 1 aromatic heterocycles. The SMILES string of the molecule is Cc1cccc(C)c1OCc1ccc(C(=O)N2CCN(Cc3ccc4c(c3)OCO4)CC2)o1. The molecule has 0 saturated carbocycles. The van der Waals surface area contributed by atoms with E-state index < -0.39 is 0 Å². The molecule has 0 bridgehead atoms. The van der Waals surface area contributed by atoms with Gasteiger partial charge in [-0.25, -0.2) is 0 Å². The van der Waals surface area contributed by atoms with E-state index in [1.54, 1.807) is 6.07 Å². The number of ether oxygens (including phenoxy) is 3. The molecule has 3 heterocycles. The lowest BCUT2D eigenvalue weighted by Crippen LogP contribution is -2.48. The minimum atomic E-state index is -0.0731. The summed E-state index contributed by atoms with van der Waals surface area (Å²) in [6.07, 6.45) is 0. The van der Waals surface area contributed by atoms with Crippen molar-refractivity contribution in [1.29, 1.82) is 0 Å². The quantitative estimate of drug-likeness (QED) is 0.564. The minimum absolute atomic E-state index is 0.0731. The third-order valence-corrected chi connectivity index (χ3v) is 6.14. The zero-order valence-corrected chi connectivity index (χ0v) is 19.0. The van der Waals surface area contributed by atoms with Crippen LogP contribution in [0.2, 0.25) is 0 Å². The Morgan fingerprint density at radius 3 is 2.48 bits per heavy atom. The van der Waals surface area contributed by atoms with Crippen molar-refractivity contribution in [2.24, 2.45) is 0 Å². The van der Waals surface area contributed by atoms with Crippen molar-refractivity contribution < 1.29 is 23.4 Å². The van der Waals surface area contributed by atoms with E-state index in [-0.39, 0.29) is 12.7 Å². The first kappa shape index (κ1) is 21.4. The molecule has 1 fully saturated rings. The number of carbonyl (C=O) groups excluding carboxylic acids is 1. The van der Waals surface area contributed by atoms with Crippen LogP contribution in [0.3, 0.4) is 0 Å². The molecule has 5 rings (SSSR count). The molecule has 172 valence electrons. The monoisotopic (exact) mass is 448 g/mol. The van der Waals surface area contributed by atoms with Gasteiger partial charge in [0.1, 0.15) is 18.1 Å². The number of furan rings is 1. The van der Waals surface area contributed by atoms with Gasteiger partial charge in [-0.1, -0.05) is 24.3 Å². The zero-order valence-electron chi connectivity index (χ0n) is 19.0. The lowest BCUT2D eigenvalue weighted by atomic mass is 10.1. The normalized spacial score (nSPS) is 15.6. The molecule has 0 spiro atoms. The molecule has 7 nitrogen and oxygen atoms in total. The van der Waals surface area contributed by atoms with E-state index >= 15 is 0 Å². The molecule has 1 saturated heterocycles. The first-order chi connectivity index (χ1) is 16.1. The maximum atomic E-state index is 12.9. The highest BCUT2D eigenvalue weighted by atomic mass is 16.7. The summed E-state index contributed by atoms with van der Waals surface area (Å²) >= 11 is 0. The lowest BCUT2D eigenvalue weighted by Gasteiger charge is -2.34. The fourth-order valence-corrected chi connectivity index (χ4v) is 4.30. The van der Waals surface area contributed by atoms with E-state index in [0.717, 1.165) is 48.0 Å². The van der Waals surface area contributed by atoms with Crippen LogP contribution in [0.1, 0.15) is 33.0 Å². The molecule has 33 heavy (non-hydrogen) atoms. The summed E-state index contributed by atoms with van der Waals surface area (Å²) in [6, 6.07) is 15.7. The van der Waals surface area contributed by atoms with Crippen LogP contribution >= 0.6 is 0 Å². The van der Waals surface area contributed by atoms with Crippen molar-refractivity contribution >= 4 is 5.91 Å². The summed E-state index contributed by atoms with van der Waals surface area (Å²) in [7, 11) is 0. The summed E-state index contributed by atoms with van der Waals surface area (Å²) in [5, 5.41) is 0. The standard InChI is InChI=1S/C26H28N2O5/c1-18-4-3-5-19(2)25(18)30-16-21-7-9-23(33-21)26(29)28-12-10-27(11-13-28)15-20-6-8-22-24(14-20)32-17-31-22/h3-9,14H,10-13,15-17H2,1-2H3. The Bertz CT molecular complexity index is 1130. The Morgan fingerprint density at radius 2 is 1.70 bits per heavy atom. The van der Waals surface area contributed by atoms with Gasteiger partial charge in [0.05, 0.1) is 0 Å². The smallest absolute Gasteiger partial charge is 0.289 e. The molecule has 0 N–H and O–H groups in total. The number of para-hydroxylation sites is 1. The minimum Gasteiger partial charge on any atom is -0.485 e. The van der Waals surface area contributed by atoms with E-state index in [0.29, 0.717) is 31.2 Å². The van der Waals surface area contributed by atoms with Crippen LogP contribution in [0.4, 0.5) is 0 Å². The predicted octanol–water partition coefficient (Wildman–Crippen LogP) is 4.16. The third-order valence-electron chi connectivity index (χ3n) is 6.14. The van der Waals surface area contributed by atoms with Gasteiger partial charge in [0.15, 0.2) is 17.3 Å². The zero-order chi connectivity index (χ0) is 22.8. The Morgan fingerprint density at radius 1 is 0.939 bits per heavy atom. The molecule has 0 atom stereocenters. The summed E-state index contributed by atoms with van der Waals surface area (Å²) in [5.41, 5.74) is 3.34. The van der Waals surface area contributed by atoms with Gasteiger partial charge in [-0.2, -0.15) is 0 Å². The molecule has 1 amide bonds. The highest BCUT2D eigenvalue weighted by Gasteiger charge is 2.25. The van der Waals surface area contributed by atoms with Crippen molar-refractivity contribution in [3.63, 3.8) is 0 Å². The molecule has 0 unspecified atom stereocenters. The fourth-order valence-electron chi connectivity index (χ4n) is 4.30. The van der Waals surface area contributed by atoms with Gasteiger partial charge in [-0.15, -0.1) is 0 Å². The Hall–Kier alpha value is -3.45. The first-order valence-electron chi connectivity index (χ1n) is 11.2. The molecule has 2 aliphatic rings. The van der Waals surface area contributed by atoms with Crippen LogP contribution in [0, 0.1) is 13.8 Å². The average molecular weight is 449 g/mol. The van der Waals surface area contributed by atoms with Gasteiger partial charge in [0.25, 0.3) is 5.91 Å². The first-order valence-corrected chi connectivity index (χ1v) is 11.2. The van der Waals surface area contributed by atoms with Crippen LogP contribution in [0.15, 0.2) is 52.9 Å². The summed E-state index contributed by atoms with van der Waals surface area (Å²) in [6.45, 7) is 8.38. The number of hydrogen-bond acceptors (Lipinski definition) is 6. The summed E-state index contributed by atoms with van der Waals surface area (Å²) in [4.78, 5) is 17.1. The highest BCUT2D eigenvalue weighted by molar-refractivity contribution is 5.91. The van der Waals surface area contributed by atoms with Crippen LogP contribution < -0.4 is 14.2 Å². The van der Waals surface area contributed by atoms with E-state index in [4.69, 9.17) is 18.6 Å². The third kappa shape index (κ3) is 4.68. The Balaban J connectivity index is 1.13. The number of benzene rings is 2. The molecule has 7 heteroatoms. The molecular formula is C26H28N2O5. The van der Waals surface area contributed by atoms with E-state index in [2.05, 4.69) is 11.0 Å². The number of hydrogen-bond donors (Lipinski definition) is 0. The van der Waals surface area contributed by atoms with Crippen LogP contribution in [-0.4, -0.2) is 48.7 Å². The molecule has 3 aromatic rings. The number of amides is 1. The molecular weight excluding hydrogens is 420 g/mol. The highest BCUT2D eigenvalue weighted by Crippen LogP contribution is 2.33. The molecule has 2 aromatic carbocycles. The second-order valence-electron chi connectivity index (χ2n) is 8.53. The van der Waals surface area contributed by atoms with Crippen molar-refractivity contribution in [1.82, 2.24) is 9.80 Å². The molecule has 2 aliphatic heterocycles. The molecule has 0 radical (unpaired) electrons. The molecule has 0 aliphatic carbocycles. The van der Waals surface area contributed by atoms with Crippen LogP contribution in [0.25, 0.3) is 0 Å². The van der Waals surface area contributed by atoms with Crippen molar-refractivity contribution in [3.05, 3.63) is 76.7 Å². The topological polar surface area (TPSA) is 64.4 Å². The maximum absolute atomic E-state index is 12.9. The summed E-state index contributed by atoms with van der Waals surface area (Å²) in [5.74, 6) is 3.39. The number of nitrogens with zero attached hydrogens (tertiary/aromatic N) is 2. The Labute approximate surface area is 193 Å². The van der Waals surface area contributed by atoms with E-state index in [1.165, 1.54) is 5.56 Å². The predicted molar refractivity (Wildman–Crippen MR) is 123 cm³/mol. The Kier molecular flexibility index (Phi) is 5.96. The van der Waals surface area contributed by atoms with Gasteiger partial charge < -0.3 is 23.5 Å². The van der Waals surface area contributed by atoms with Gasteiger partial charge in [0.2, 0.25) is 6.79 Å². The van der Waals surface area contributed by atoms with Crippen molar-refractivity contribution in [2.45, 2.75) is 27.0 Å². The van der Waals surface area contributed by atoms with Gasteiger partial charge >= 0.3 is 0 Å². The van der Waals surface area contributed by atoms with E-state index in [1.807, 2.05) is 55.1 Å². The van der Waals surface area contributed by atoms with Crippen molar-refractivity contribution in [3.8, 4) is 17.2 Å². The average Bonchev–Trinajstić information content (AvgIpc) is 3.48. The number of rotatable bonds is 6. The lowest BCUT2D eigenvalue weighted by molar-refractivity contribution is 0.0594. The number of aryl methyl sites for hydroxylation is 2. The van der Waals surface area contributed by atoms with Gasteiger partial charge in [0, 0.05) is 32.7 Å². The fraction of sp³-hybridized carbons (Fsp3) is 0.346. The van der Waals surface area contributed by atoms with Gasteiger partial charge in [-0.05, 0) is 54.8 Å². The van der Waals surface area contributed by atoms with Crippen molar-refractivity contribution in [2.75, 3.05) is 33.0 Å².